The lowest BCUT2D eigenvalue weighted by Gasteiger charge is -2.34. The number of hydrogen-bond donors (Lipinski definition) is 1. The minimum Gasteiger partial charge on any atom is -0.495 e. The molecule has 2 unspecified atom stereocenters. The maximum Gasteiger partial charge on any atom is 0.251 e. The number of amides is 1. The molecule has 2 fully saturated rings. The topological polar surface area (TPSA) is 75.7 Å². The molecule has 0 spiro atoms. The summed E-state index contributed by atoms with van der Waals surface area (Å²) in [5.74, 6) is 0.681. The van der Waals surface area contributed by atoms with Crippen molar-refractivity contribution < 1.29 is 17.9 Å². The zero-order valence-corrected chi connectivity index (χ0v) is 18.6. The van der Waals surface area contributed by atoms with Crippen molar-refractivity contribution in [2.75, 3.05) is 20.2 Å². The average Bonchev–Trinajstić information content (AvgIpc) is 2.95. The van der Waals surface area contributed by atoms with Gasteiger partial charge < -0.3 is 10.1 Å². The molecule has 1 aliphatic heterocycles. The Labute approximate surface area is 175 Å². The van der Waals surface area contributed by atoms with E-state index in [1.165, 1.54) is 30.3 Å². The average molecular weight is 423 g/mol. The van der Waals surface area contributed by atoms with Crippen LogP contribution in [0.1, 0.15) is 69.2 Å². The molecule has 1 aromatic rings. The molecule has 2 atom stereocenters. The molecule has 0 radical (unpaired) electrons. The number of sulfonamides is 1. The van der Waals surface area contributed by atoms with Gasteiger partial charge >= 0.3 is 0 Å². The zero-order chi connectivity index (χ0) is 21.0. The number of nitrogens with one attached hydrogen (secondary N) is 1. The molecule has 1 aromatic carbocycles. The van der Waals surface area contributed by atoms with E-state index in [0.29, 0.717) is 30.5 Å². The zero-order valence-electron chi connectivity index (χ0n) is 17.8. The van der Waals surface area contributed by atoms with Crippen molar-refractivity contribution in [3.63, 3.8) is 0 Å². The van der Waals surface area contributed by atoms with Crippen LogP contribution < -0.4 is 10.1 Å². The summed E-state index contributed by atoms with van der Waals surface area (Å²) in [6, 6.07) is 4.87. The normalized spacial score (nSPS) is 24.7. The summed E-state index contributed by atoms with van der Waals surface area (Å²) >= 11 is 0. The van der Waals surface area contributed by atoms with Crippen molar-refractivity contribution in [3.05, 3.63) is 23.8 Å². The Kier molecular flexibility index (Phi) is 7.22. The molecular formula is C22H34N2O4S. The first-order valence-electron chi connectivity index (χ1n) is 10.8. The highest BCUT2D eigenvalue weighted by molar-refractivity contribution is 7.89. The highest BCUT2D eigenvalue weighted by Gasteiger charge is 2.34. The number of nitrogens with zero attached hydrogens (tertiary/aromatic N) is 1. The van der Waals surface area contributed by atoms with E-state index in [1.807, 2.05) is 0 Å². The summed E-state index contributed by atoms with van der Waals surface area (Å²) in [6.45, 7) is 5.14. The van der Waals surface area contributed by atoms with Crippen molar-refractivity contribution in [1.29, 1.82) is 0 Å². The summed E-state index contributed by atoms with van der Waals surface area (Å²) in [6.07, 6.45) is 7.66. The largest absolute Gasteiger partial charge is 0.495 e. The summed E-state index contributed by atoms with van der Waals surface area (Å²) < 4.78 is 33.6. The molecule has 1 aliphatic carbocycles. The third kappa shape index (κ3) is 5.31. The van der Waals surface area contributed by atoms with Crippen LogP contribution in [-0.2, 0) is 10.0 Å². The monoisotopic (exact) mass is 422 g/mol. The number of piperidine rings is 1. The van der Waals surface area contributed by atoms with E-state index >= 15 is 0 Å². The fourth-order valence-corrected chi connectivity index (χ4v) is 6.51. The van der Waals surface area contributed by atoms with Gasteiger partial charge in [0, 0.05) is 24.7 Å². The quantitative estimate of drug-likeness (QED) is 0.732. The van der Waals surface area contributed by atoms with Gasteiger partial charge in [-0.2, -0.15) is 4.31 Å². The lowest BCUT2D eigenvalue weighted by atomic mass is 9.94. The van der Waals surface area contributed by atoms with Gasteiger partial charge in [0.15, 0.2) is 0 Å². The van der Waals surface area contributed by atoms with Gasteiger partial charge in [0.25, 0.3) is 5.91 Å². The van der Waals surface area contributed by atoms with Gasteiger partial charge in [-0.3, -0.25) is 4.79 Å². The number of carbonyl (C=O) groups is 1. The Bertz CT molecular complexity index is 806. The summed E-state index contributed by atoms with van der Waals surface area (Å²) in [7, 11) is -2.28. The minimum absolute atomic E-state index is 0.0785. The van der Waals surface area contributed by atoms with Crippen LogP contribution in [0.3, 0.4) is 0 Å². The van der Waals surface area contributed by atoms with Gasteiger partial charge in [0.1, 0.15) is 10.6 Å². The standard InChI is InChI=1S/C22H34N2O4S/c1-16-12-17(2)15-24(14-16)29(26,27)21-13-18(10-11-20(21)28-3)22(25)23-19-8-6-4-5-7-9-19/h10-11,13,16-17,19H,4-9,12,14-15H2,1-3H3,(H,23,25). The summed E-state index contributed by atoms with van der Waals surface area (Å²) in [5, 5.41) is 3.10. The molecule has 7 heteroatoms. The second-order valence-corrected chi connectivity index (χ2v) is 10.7. The number of ether oxygens (including phenoxy) is 1. The van der Waals surface area contributed by atoms with Crippen molar-refractivity contribution >= 4 is 15.9 Å². The molecule has 162 valence electrons. The lowest BCUT2D eigenvalue weighted by Crippen LogP contribution is -2.42. The van der Waals surface area contributed by atoms with E-state index in [0.717, 1.165) is 32.1 Å². The minimum atomic E-state index is -3.74. The Morgan fingerprint density at radius 1 is 1.07 bits per heavy atom. The highest BCUT2D eigenvalue weighted by atomic mass is 32.2. The maximum atomic E-state index is 13.4. The van der Waals surface area contributed by atoms with Gasteiger partial charge in [0.2, 0.25) is 10.0 Å². The molecule has 1 heterocycles. The third-order valence-corrected chi connectivity index (χ3v) is 7.92. The SMILES string of the molecule is COc1ccc(C(=O)NC2CCCCCC2)cc1S(=O)(=O)N1CC(C)CC(C)C1. The molecule has 29 heavy (non-hydrogen) atoms. The van der Waals surface area contributed by atoms with E-state index < -0.39 is 10.0 Å². The van der Waals surface area contributed by atoms with E-state index in [4.69, 9.17) is 4.74 Å². The first kappa shape index (κ1) is 22.1. The van der Waals surface area contributed by atoms with Gasteiger partial charge in [-0.25, -0.2) is 8.42 Å². The van der Waals surface area contributed by atoms with Crippen LogP contribution in [0.4, 0.5) is 0 Å². The third-order valence-electron chi connectivity index (χ3n) is 6.07. The van der Waals surface area contributed by atoms with E-state index in [-0.39, 0.29) is 22.6 Å². The molecule has 1 N–H and O–H groups in total. The van der Waals surface area contributed by atoms with Crippen LogP contribution in [0.5, 0.6) is 5.75 Å². The van der Waals surface area contributed by atoms with Gasteiger partial charge in [-0.1, -0.05) is 39.5 Å². The first-order chi connectivity index (χ1) is 13.8. The maximum absolute atomic E-state index is 13.4. The molecule has 1 saturated heterocycles. The van der Waals surface area contributed by atoms with Crippen LogP contribution in [0.15, 0.2) is 23.1 Å². The van der Waals surface area contributed by atoms with Crippen LogP contribution in [0.2, 0.25) is 0 Å². The summed E-state index contributed by atoms with van der Waals surface area (Å²) in [4.78, 5) is 12.9. The van der Waals surface area contributed by atoms with Gasteiger partial charge in [-0.05, 0) is 49.3 Å². The molecule has 0 aromatic heterocycles. The second-order valence-electron chi connectivity index (χ2n) is 8.80. The fourth-order valence-electron chi connectivity index (χ4n) is 4.65. The fraction of sp³-hybridized carbons (Fsp3) is 0.682. The number of carbonyl (C=O) groups excluding carboxylic acids is 1. The van der Waals surface area contributed by atoms with Crippen LogP contribution >= 0.6 is 0 Å². The molecule has 1 amide bonds. The lowest BCUT2D eigenvalue weighted by molar-refractivity contribution is 0.0933. The van der Waals surface area contributed by atoms with Crippen molar-refractivity contribution in [2.24, 2.45) is 11.8 Å². The van der Waals surface area contributed by atoms with Gasteiger partial charge in [0.05, 0.1) is 7.11 Å². The predicted octanol–water partition coefficient (Wildman–Crippen LogP) is 3.81. The molecular weight excluding hydrogens is 388 g/mol. The van der Waals surface area contributed by atoms with E-state index in [9.17, 15) is 13.2 Å². The van der Waals surface area contributed by atoms with Crippen molar-refractivity contribution in [3.8, 4) is 5.75 Å². The first-order valence-corrected chi connectivity index (χ1v) is 12.2. The Morgan fingerprint density at radius 3 is 2.28 bits per heavy atom. The number of hydrogen-bond acceptors (Lipinski definition) is 4. The van der Waals surface area contributed by atoms with Crippen molar-refractivity contribution in [2.45, 2.75) is 69.7 Å². The van der Waals surface area contributed by atoms with E-state index in [1.54, 1.807) is 12.1 Å². The van der Waals surface area contributed by atoms with Crippen LogP contribution in [0.25, 0.3) is 0 Å². The molecule has 0 bridgehead atoms. The second kappa shape index (κ2) is 9.47. The predicted molar refractivity (Wildman–Crippen MR) is 114 cm³/mol. The number of benzene rings is 1. The summed E-state index contributed by atoms with van der Waals surface area (Å²) in [5.41, 5.74) is 0.367. The highest BCUT2D eigenvalue weighted by Crippen LogP contribution is 2.32. The smallest absolute Gasteiger partial charge is 0.251 e. The van der Waals surface area contributed by atoms with Gasteiger partial charge in [-0.15, -0.1) is 0 Å². The van der Waals surface area contributed by atoms with Crippen LogP contribution in [-0.4, -0.2) is 44.9 Å². The number of methoxy groups -OCH3 is 1. The Balaban J connectivity index is 1.85. The van der Waals surface area contributed by atoms with Crippen molar-refractivity contribution in [1.82, 2.24) is 9.62 Å². The van der Waals surface area contributed by atoms with Crippen LogP contribution in [0, 0.1) is 11.8 Å². The van der Waals surface area contributed by atoms with E-state index in [2.05, 4.69) is 19.2 Å². The Morgan fingerprint density at radius 2 is 1.69 bits per heavy atom. The number of rotatable bonds is 5. The Hall–Kier alpha value is -1.60. The molecule has 3 rings (SSSR count). The molecule has 2 aliphatic rings. The molecule has 6 nitrogen and oxygen atoms in total. The molecule has 1 saturated carbocycles.